The van der Waals surface area contributed by atoms with Crippen molar-refractivity contribution in [3.8, 4) is 0 Å². The molecule has 0 rings (SSSR count). The maximum absolute atomic E-state index is 10.6. The summed E-state index contributed by atoms with van der Waals surface area (Å²) in [4.78, 5) is 10.6. The summed E-state index contributed by atoms with van der Waals surface area (Å²) in [5, 5.41) is 8.71. The zero-order chi connectivity index (χ0) is 11.0. The van der Waals surface area contributed by atoms with E-state index in [1.165, 1.54) is 25.7 Å². The van der Waals surface area contributed by atoms with E-state index in [1.807, 2.05) is 0 Å². The number of carboxylic acids is 1. The number of unbranched alkanes of at least 4 members (excludes halogenated alkanes) is 2. The number of hydrogen-bond donors (Lipinski definition) is 1. The van der Waals surface area contributed by atoms with Gasteiger partial charge < -0.3 is 5.11 Å². The van der Waals surface area contributed by atoms with Crippen LogP contribution in [0.15, 0.2) is 0 Å². The molecular formula is C12H24O2. The maximum Gasteiger partial charge on any atom is 0.306 e. The normalized spacial score (nSPS) is 15.1. The molecule has 0 spiro atoms. The molecule has 0 fully saturated rings. The van der Waals surface area contributed by atoms with Crippen molar-refractivity contribution >= 4 is 5.97 Å². The van der Waals surface area contributed by atoms with Crippen LogP contribution in [0.1, 0.15) is 59.3 Å². The van der Waals surface area contributed by atoms with Crippen LogP contribution in [0, 0.1) is 11.8 Å². The molecule has 14 heavy (non-hydrogen) atoms. The standard InChI is InChI=1S/C12H24O2/c1-4-5-6-7-10(2)8-9-11(3)12(13)14/h10-11H,4-9H2,1-3H3,(H,13,14). The molecule has 0 aromatic rings. The Morgan fingerprint density at radius 2 is 1.79 bits per heavy atom. The van der Waals surface area contributed by atoms with Gasteiger partial charge in [-0.3, -0.25) is 4.79 Å². The zero-order valence-electron chi connectivity index (χ0n) is 9.75. The van der Waals surface area contributed by atoms with Gasteiger partial charge >= 0.3 is 5.97 Å². The molecule has 2 unspecified atom stereocenters. The lowest BCUT2D eigenvalue weighted by Gasteiger charge is -2.12. The van der Waals surface area contributed by atoms with Crippen molar-refractivity contribution in [2.24, 2.45) is 11.8 Å². The molecule has 0 saturated carbocycles. The molecule has 0 aliphatic carbocycles. The Kier molecular flexibility index (Phi) is 7.54. The van der Waals surface area contributed by atoms with Crippen LogP contribution in [0.5, 0.6) is 0 Å². The highest BCUT2D eigenvalue weighted by molar-refractivity contribution is 5.69. The fourth-order valence-corrected chi connectivity index (χ4v) is 1.55. The van der Waals surface area contributed by atoms with E-state index in [2.05, 4.69) is 13.8 Å². The van der Waals surface area contributed by atoms with Crippen LogP contribution in [-0.2, 0) is 4.79 Å². The van der Waals surface area contributed by atoms with E-state index in [-0.39, 0.29) is 5.92 Å². The van der Waals surface area contributed by atoms with Gasteiger partial charge in [-0.1, -0.05) is 46.5 Å². The summed E-state index contributed by atoms with van der Waals surface area (Å²) in [6.45, 7) is 6.22. The van der Waals surface area contributed by atoms with Crippen LogP contribution in [0.2, 0.25) is 0 Å². The molecule has 0 bridgehead atoms. The average molecular weight is 200 g/mol. The van der Waals surface area contributed by atoms with Gasteiger partial charge in [-0.05, 0) is 18.8 Å². The monoisotopic (exact) mass is 200 g/mol. The van der Waals surface area contributed by atoms with E-state index < -0.39 is 5.97 Å². The molecule has 0 aliphatic rings. The SMILES string of the molecule is CCCCCC(C)CCC(C)C(=O)O. The third kappa shape index (κ3) is 6.93. The van der Waals surface area contributed by atoms with E-state index in [1.54, 1.807) is 6.92 Å². The van der Waals surface area contributed by atoms with Crippen molar-refractivity contribution < 1.29 is 9.90 Å². The van der Waals surface area contributed by atoms with Crippen molar-refractivity contribution in [2.75, 3.05) is 0 Å². The van der Waals surface area contributed by atoms with Crippen LogP contribution >= 0.6 is 0 Å². The lowest BCUT2D eigenvalue weighted by Crippen LogP contribution is -2.10. The third-order valence-electron chi connectivity index (χ3n) is 2.81. The van der Waals surface area contributed by atoms with Crippen molar-refractivity contribution in [3.63, 3.8) is 0 Å². The second kappa shape index (κ2) is 7.84. The molecule has 2 nitrogen and oxygen atoms in total. The highest BCUT2D eigenvalue weighted by Crippen LogP contribution is 2.18. The predicted molar refractivity (Wildman–Crippen MR) is 59.3 cm³/mol. The Hall–Kier alpha value is -0.530. The lowest BCUT2D eigenvalue weighted by molar-refractivity contribution is -0.141. The number of hydrogen-bond acceptors (Lipinski definition) is 1. The van der Waals surface area contributed by atoms with E-state index in [4.69, 9.17) is 5.11 Å². The first-order valence-electron chi connectivity index (χ1n) is 5.80. The summed E-state index contributed by atoms with van der Waals surface area (Å²) in [7, 11) is 0. The molecule has 0 saturated heterocycles. The molecule has 0 heterocycles. The first-order valence-corrected chi connectivity index (χ1v) is 5.80. The van der Waals surface area contributed by atoms with Crippen LogP contribution in [0.4, 0.5) is 0 Å². The highest BCUT2D eigenvalue weighted by atomic mass is 16.4. The number of rotatable bonds is 8. The molecule has 0 amide bonds. The first kappa shape index (κ1) is 13.5. The average Bonchev–Trinajstić information content (AvgIpc) is 2.14. The van der Waals surface area contributed by atoms with E-state index >= 15 is 0 Å². The fourth-order valence-electron chi connectivity index (χ4n) is 1.55. The van der Waals surface area contributed by atoms with Crippen LogP contribution < -0.4 is 0 Å². The van der Waals surface area contributed by atoms with E-state index in [9.17, 15) is 4.79 Å². The van der Waals surface area contributed by atoms with Gasteiger partial charge in [0.1, 0.15) is 0 Å². The van der Waals surface area contributed by atoms with E-state index in [0.29, 0.717) is 5.92 Å². The van der Waals surface area contributed by atoms with Crippen LogP contribution in [0.25, 0.3) is 0 Å². The van der Waals surface area contributed by atoms with Gasteiger partial charge in [0, 0.05) is 0 Å². The number of aliphatic carboxylic acids is 1. The van der Waals surface area contributed by atoms with Gasteiger partial charge in [0.15, 0.2) is 0 Å². The van der Waals surface area contributed by atoms with Crippen molar-refractivity contribution in [1.29, 1.82) is 0 Å². The Labute approximate surface area is 87.7 Å². The van der Waals surface area contributed by atoms with Crippen molar-refractivity contribution in [3.05, 3.63) is 0 Å². The molecule has 0 aromatic heterocycles. The minimum atomic E-state index is -0.661. The Balaban J connectivity index is 3.43. The van der Waals surface area contributed by atoms with Gasteiger partial charge in [0.2, 0.25) is 0 Å². The fraction of sp³-hybridized carbons (Fsp3) is 0.917. The summed E-state index contributed by atoms with van der Waals surface area (Å²) < 4.78 is 0. The molecule has 1 N–H and O–H groups in total. The van der Waals surface area contributed by atoms with Gasteiger partial charge in [-0.25, -0.2) is 0 Å². The molecule has 0 radical (unpaired) electrons. The van der Waals surface area contributed by atoms with E-state index in [0.717, 1.165) is 12.8 Å². The molecule has 2 heteroatoms. The summed E-state index contributed by atoms with van der Waals surface area (Å²) >= 11 is 0. The van der Waals surface area contributed by atoms with Gasteiger partial charge in [-0.2, -0.15) is 0 Å². The molecule has 0 aliphatic heterocycles. The third-order valence-corrected chi connectivity index (χ3v) is 2.81. The highest BCUT2D eigenvalue weighted by Gasteiger charge is 2.12. The molecule has 84 valence electrons. The molecule has 2 atom stereocenters. The molecular weight excluding hydrogens is 176 g/mol. The summed E-state index contributed by atoms with van der Waals surface area (Å²) in [6.07, 6.45) is 6.98. The zero-order valence-corrected chi connectivity index (χ0v) is 9.75. The van der Waals surface area contributed by atoms with Gasteiger partial charge in [-0.15, -0.1) is 0 Å². The minimum absolute atomic E-state index is 0.177. The topological polar surface area (TPSA) is 37.3 Å². The van der Waals surface area contributed by atoms with Crippen molar-refractivity contribution in [2.45, 2.75) is 59.3 Å². The second-order valence-electron chi connectivity index (χ2n) is 4.42. The Morgan fingerprint density at radius 3 is 2.29 bits per heavy atom. The summed E-state index contributed by atoms with van der Waals surface area (Å²) in [6, 6.07) is 0. The van der Waals surface area contributed by atoms with Crippen LogP contribution in [-0.4, -0.2) is 11.1 Å². The van der Waals surface area contributed by atoms with Gasteiger partial charge in [0.25, 0.3) is 0 Å². The number of carbonyl (C=O) groups is 1. The van der Waals surface area contributed by atoms with Gasteiger partial charge in [0.05, 0.1) is 5.92 Å². The van der Waals surface area contributed by atoms with Crippen LogP contribution in [0.3, 0.4) is 0 Å². The Bertz CT molecular complexity index is 154. The minimum Gasteiger partial charge on any atom is -0.481 e. The maximum atomic E-state index is 10.6. The predicted octanol–water partition coefficient (Wildman–Crippen LogP) is 3.70. The lowest BCUT2D eigenvalue weighted by atomic mass is 9.94. The number of carboxylic acid groups (broad SMARTS) is 1. The first-order chi connectivity index (χ1) is 6.57. The quantitative estimate of drug-likeness (QED) is 0.606. The summed E-state index contributed by atoms with van der Waals surface area (Å²) in [5.74, 6) is -0.155. The second-order valence-corrected chi connectivity index (χ2v) is 4.42. The van der Waals surface area contributed by atoms with Crippen molar-refractivity contribution in [1.82, 2.24) is 0 Å². The molecule has 0 aromatic carbocycles. The largest absolute Gasteiger partial charge is 0.481 e. The summed E-state index contributed by atoms with van der Waals surface area (Å²) in [5.41, 5.74) is 0. The smallest absolute Gasteiger partial charge is 0.306 e. The Morgan fingerprint density at radius 1 is 1.14 bits per heavy atom.